The van der Waals surface area contributed by atoms with Crippen LogP contribution in [0.3, 0.4) is 0 Å². The van der Waals surface area contributed by atoms with Gasteiger partial charge in [0.2, 0.25) is 5.78 Å². The molecule has 6 nitrogen and oxygen atoms in total. The van der Waals surface area contributed by atoms with Crippen LogP contribution in [-0.2, 0) is 13.0 Å². The smallest absolute Gasteiger partial charge is 0.211 e. The van der Waals surface area contributed by atoms with Crippen molar-refractivity contribution in [3.8, 4) is 17.2 Å². The summed E-state index contributed by atoms with van der Waals surface area (Å²) in [6.07, 6.45) is 2.77. The summed E-state index contributed by atoms with van der Waals surface area (Å²) in [6.45, 7) is 3.42. The summed E-state index contributed by atoms with van der Waals surface area (Å²) in [5.41, 5.74) is 6.56. The van der Waals surface area contributed by atoms with Crippen molar-refractivity contribution < 1.29 is 19.0 Å². The molecule has 0 bridgehead atoms. The number of fused-ring (bicyclic) bond motifs is 2. The molecule has 0 radical (unpaired) electrons. The number of hydrogen-bond donors (Lipinski definition) is 0. The van der Waals surface area contributed by atoms with Crippen LogP contribution in [0.15, 0.2) is 66.4 Å². The van der Waals surface area contributed by atoms with Crippen LogP contribution < -0.4 is 14.2 Å². The number of carbonyl (C=O) groups is 1. The van der Waals surface area contributed by atoms with E-state index in [-0.39, 0.29) is 5.78 Å². The summed E-state index contributed by atoms with van der Waals surface area (Å²) in [5.74, 6) is 2.06. The van der Waals surface area contributed by atoms with Gasteiger partial charge in [-0.1, -0.05) is 30.3 Å². The summed E-state index contributed by atoms with van der Waals surface area (Å²) >= 11 is 0. The number of benzene rings is 3. The Morgan fingerprint density at radius 2 is 1.65 bits per heavy atom. The molecule has 0 spiro atoms. The molecule has 0 aliphatic carbocycles. The lowest BCUT2D eigenvalue weighted by Crippen LogP contribution is -2.25. The topological polar surface area (TPSA) is 52.9 Å². The average Bonchev–Trinajstić information content (AvgIpc) is 3.08. The third-order valence-corrected chi connectivity index (χ3v) is 7.24. The number of methoxy groups -OCH3 is 3. The summed E-state index contributed by atoms with van der Waals surface area (Å²) in [4.78, 5) is 16.4. The molecule has 0 N–H and O–H groups in total. The van der Waals surface area contributed by atoms with Crippen LogP contribution in [0.4, 0.5) is 0 Å². The maximum absolute atomic E-state index is 14.3. The molecule has 1 aliphatic heterocycles. The van der Waals surface area contributed by atoms with Crippen LogP contribution in [0.2, 0.25) is 0 Å². The first-order valence-corrected chi connectivity index (χ1v) is 12.4. The predicted octanol–water partition coefficient (Wildman–Crippen LogP) is 5.74. The molecule has 0 amide bonds. The van der Waals surface area contributed by atoms with E-state index in [0.29, 0.717) is 35.8 Å². The lowest BCUT2D eigenvalue weighted by molar-refractivity contribution is 0.100. The number of likely N-dealkylation sites (N-methyl/N-ethyl adjacent to an activating group) is 1. The summed E-state index contributed by atoms with van der Waals surface area (Å²) in [5, 5.41) is 0.892. The van der Waals surface area contributed by atoms with Gasteiger partial charge in [0, 0.05) is 36.7 Å². The highest BCUT2D eigenvalue weighted by Crippen LogP contribution is 2.36. The summed E-state index contributed by atoms with van der Waals surface area (Å²) in [6, 6.07) is 20.2. The van der Waals surface area contributed by atoms with Crippen molar-refractivity contribution in [2.45, 2.75) is 19.9 Å². The summed E-state index contributed by atoms with van der Waals surface area (Å²) < 4.78 is 18.8. The van der Waals surface area contributed by atoms with Crippen molar-refractivity contribution in [3.05, 3.63) is 94.3 Å². The maximum Gasteiger partial charge on any atom is 0.211 e. The fourth-order valence-corrected chi connectivity index (χ4v) is 5.17. The average molecular weight is 497 g/mol. The van der Waals surface area contributed by atoms with Crippen molar-refractivity contribution in [2.24, 2.45) is 0 Å². The highest BCUT2D eigenvalue weighted by Gasteiger charge is 2.27. The van der Waals surface area contributed by atoms with Gasteiger partial charge in [-0.3, -0.25) is 4.79 Å². The molecule has 2 heterocycles. The van der Waals surface area contributed by atoms with E-state index in [4.69, 9.17) is 14.2 Å². The van der Waals surface area contributed by atoms with Gasteiger partial charge < -0.3 is 23.7 Å². The molecule has 190 valence electrons. The highest BCUT2D eigenvalue weighted by molar-refractivity contribution is 6.19. The number of carbonyl (C=O) groups excluding carboxylic acids is 1. The number of ketones is 1. The Morgan fingerprint density at radius 1 is 0.919 bits per heavy atom. The Hall–Kier alpha value is -4.19. The molecule has 0 atom stereocenters. The van der Waals surface area contributed by atoms with E-state index < -0.39 is 0 Å². The predicted molar refractivity (Wildman–Crippen MR) is 147 cm³/mol. The quantitative estimate of drug-likeness (QED) is 0.306. The first-order valence-electron chi connectivity index (χ1n) is 12.4. The Morgan fingerprint density at radius 3 is 2.35 bits per heavy atom. The first-order chi connectivity index (χ1) is 17.9. The Kier molecular flexibility index (Phi) is 6.66. The lowest BCUT2D eigenvalue weighted by atomic mass is 10.0. The fourth-order valence-electron chi connectivity index (χ4n) is 5.17. The Bertz CT molecular complexity index is 1500. The van der Waals surface area contributed by atoms with Crippen molar-refractivity contribution in [2.75, 3.05) is 34.9 Å². The molecule has 0 saturated carbocycles. The number of ether oxygens (including phenoxy) is 3. The van der Waals surface area contributed by atoms with E-state index in [1.807, 2.05) is 73.5 Å². The highest BCUT2D eigenvalue weighted by atomic mass is 16.5. The minimum Gasteiger partial charge on any atom is -0.497 e. The van der Waals surface area contributed by atoms with Crippen LogP contribution in [0.1, 0.15) is 32.7 Å². The second-order valence-electron chi connectivity index (χ2n) is 9.35. The van der Waals surface area contributed by atoms with Gasteiger partial charge in [-0.15, -0.1) is 0 Å². The fraction of sp³-hybridized carbons (Fsp3) is 0.258. The molecular formula is C31H32N2O4. The number of nitrogens with zero attached hydrogens (tertiary/aromatic N) is 2. The van der Waals surface area contributed by atoms with Gasteiger partial charge >= 0.3 is 0 Å². The zero-order valence-corrected chi connectivity index (χ0v) is 22.0. The molecule has 1 aliphatic rings. The van der Waals surface area contributed by atoms with Crippen molar-refractivity contribution in [1.29, 1.82) is 0 Å². The van der Waals surface area contributed by atoms with Gasteiger partial charge in [0.25, 0.3) is 0 Å². The number of Topliss-reactive ketones (excluding diaryl/α,β-unsaturated/α-hetero) is 1. The molecule has 5 rings (SSSR count). The number of allylic oxidation sites excluding steroid dienone is 1. The van der Waals surface area contributed by atoms with Gasteiger partial charge in [-0.2, -0.15) is 0 Å². The molecule has 0 fully saturated rings. The minimum absolute atomic E-state index is 0.00676. The van der Waals surface area contributed by atoms with E-state index in [0.717, 1.165) is 39.9 Å². The third kappa shape index (κ3) is 4.44. The number of rotatable bonds is 7. The van der Waals surface area contributed by atoms with E-state index in [1.54, 1.807) is 21.3 Å². The molecular weight excluding hydrogens is 464 g/mol. The van der Waals surface area contributed by atoms with E-state index in [1.165, 1.54) is 5.56 Å². The number of aromatic nitrogens is 1. The standard InChI is InChI=1S/C31H32N2O4/c1-20-30(25-18-24(35-3)11-12-26(25)33(20)19-21-9-7-6-8-10-21)31(34)27-15-23-17-29(37-5)28(36-4)16-22(23)13-14-32(27)2/h6-12,15-18H,13-14,19H2,1-5H3. The molecule has 3 aromatic carbocycles. The largest absolute Gasteiger partial charge is 0.497 e. The molecule has 1 aromatic heterocycles. The lowest BCUT2D eigenvalue weighted by Gasteiger charge is -2.20. The number of hydrogen-bond acceptors (Lipinski definition) is 5. The third-order valence-electron chi connectivity index (χ3n) is 7.24. The van der Waals surface area contributed by atoms with Crippen molar-refractivity contribution >= 4 is 22.8 Å². The van der Waals surface area contributed by atoms with Crippen molar-refractivity contribution in [1.82, 2.24) is 9.47 Å². The SMILES string of the molecule is COc1ccc2c(c1)c(C(=O)C1=Cc3cc(OC)c(OC)cc3CCN1C)c(C)n2Cc1ccccc1. The van der Waals surface area contributed by atoms with Crippen LogP contribution >= 0.6 is 0 Å². The van der Waals surface area contributed by atoms with Crippen LogP contribution in [0.5, 0.6) is 17.2 Å². The van der Waals surface area contributed by atoms with E-state index >= 15 is 0 Å². The second-order valence-corrected chi connectivity index (χ2v) is 9.35. The Labute approximate surface area is 217 Å². The molecule has 37 heavy (non-hydrogen) atoms. The van der Waals surface area contributed by atoms with Gasteiger partial charge in [-0.05, 0) is 66.4 Å². The molecule has 0 unspecified atom stereocenters. The van der Waals surface area contributed by atoms with Gasteiger partial charge in [-0.25, -0.2) is 0 Å². The zero-order valence-electron chi connectivity index (χ0n) is 22.0. The monoisotopic (exact) mass is 496 g/mol. The maximum atomic E-state index is 14.3. The van der Waals surface area contributed by atoms with Gasteiger partial charge in [0.1, 0.15) is 5.75 Å². The Balaban J connectivity index is 1.66. The van der Waals surface area contributed by atoms with E-state index in [9.17, 15) is 4.79 Å². The van der Waals surface area contributed by atoms with Crippen LogP contribution in [-0.4, -0.2) is 50.2 Å². The molecule has 4 aromatic rings. The second kappa shape index (κ2) is 10.1. The van der Waals surface area contributed by atoms with Crippen molar-refractivity contribution in [3.63, 3.8) is 0 Å². The van der Waals surface area contributed by atoms with E-state index in [2.05, 4.69) is 16.7 Å². The minimum atomic E-state index is -0.00676. The summed E-state index contributed by atoms with van der Waals surface area (Å²) in [7, 11) is 6.89. The normalized spacial score (nSPS) is 13.1. The first kappa shape index (κ1) is 24.5. The van der Waals surface area contributed by atoms with Gasteiger partial charge in [0.05, 0.1) is 32.6 Å². The van der Waals surface area contributed by atoms with Gasteiger partial charge in [0.15, 0.2) is 11.5 Å². The molecule has 6 heteroatoms. The van der Waals surface area contributed by atoms with Crippen LogP contribution in [0, 0.1) is 6.92 Å². The van der Waals surface area contributed by atoms with Crippen LogP contribution in [0.25, 0.3) is 17.0 Å². The molecule has 0 saturated heterocycles. The zero-order chi connectivity index (χ0) is 26.1.